The van der Waals surface area contributed by atoms with Crippen molar-refractivity contribution in [3.05, 3.63) is 22.7 Å². The first kappa shape index (κ1) is 10.3. The van der Waals surface area contributed by atoms with Crippen LogP contribution in [0.3, 0.4) is 0 Å². The maximum Gasteiger partial charge on any atom is 0.0481 e. The third-order valence-electron chi connectivity index (χ3n) is 2.26. The third-order valence-corrected chi connectivity index (χ3v) is 3.97. The van der Waals surface area contributed by atoms with E-state index < -0.39 is 0 Å². The van der Waals surface area contributed by atoms with Gasteiger partial charge in [-0.1, -0.05) is 15.9 Å². The first-order valence-corrected chi connectivity index (χ1v) is 6.46. The lowest BCUT2D eigenvalue weighted by Crippen LogP contribution is -2.28. The Bertz CT molecular complexity index is 330. The normalized spacial score (nSPS) is 20.0. The van der Waals surface area contributed by atoms with E-state index in [2.05, 4.69) is 39.4 Å². The Morgan fingerprint density at radius 1 is 1.57 bits per heavy atom. The van der Waals surface area contributed by atoms with E-state index >= 15 is 0 Å². The topological polar surface area (TPSA) is 38.0 Å². The smallest absolute Gasteiger partial charge is 0.0481 e. The molecular weight excluding hydrogens is 260 g/mol. The van der Waals surface area contributed by atoms with Crippen molar-refractivity contribution in [2.45, 2.75) is 17.4 Å². The zero-order chi connectivity index (χ0) is 9.97. The summed E-state index contributed by atoms with van der Waals surface area (Å²) >= 11 is 5.38. The number of fused-ring (bicyclic) bond motifs is 1. The van der Waals surface area contributed by atoms with Crippen LogP contribution in [0.4, 0.5) is 5.69 Å². The van der Waals surface area contributed by atoms with Gasteiger partial charge in [-0.15, -0.1) is 11.8 Å². The van der Waals surface area contributed by atoms with Gasteiger partial charge in [0.25, 0.3) is 0 Å². The van der Waals surface area contributed by atoms with Crippen LogP contribution >= 0.6 is 27.7 Å². The largest absolute Gasteiger partial charge is 0.381 e. The number of hydrogen-bond donors (Lipinski definition) is 2. The fraction of sp³-hybridized carbons (Fsp3) is 0.400. The predicted octanol–water partition coefficient (Wildman–Crippen LogP) is 2.68. The molecule has 14 heavy (non-hydrogen) atoms. The van der Waals surface area contributed by atoms with Gasteiger partial charge in [0.2, 0.25) is 0 Å². The second-order valence-electron chi connectivity index (χ2n) is 3.37. The molecule has 1 aliphatic heterocycles. The molecule has 0 bridgehead atoms. The van der Waals surface area contributed by atoms with Crippen LogP contribution in [0.5, 0.6) is 0 Å². The molecule has 2 nitrogen and oxygen atoms in total. The fourth-order valence-electron chi connectivity index (χ4n) is 1.54. The predicted molar refractivity (Wildman–Crippen MR) is 65.9 cm³/mol. The zero-order valence-electron chi connectivity index (χ0n) is 7.79. The highest BCUT2D eigenvalue weighted by atomic mass is 79.9. The number of hydrogen-bond acceptors (Lipinski definition) is 3. The van der Waals surface area contributed by atoms with E-state index in [1.54, 1.807) is 0 Å². The van der Waals surface area contributed by atoms with E-state index in [-0.39, 0.29) is 0 Å². The van der Waals surface area contributed by atoms with Gasteiger partial charge in [0.15, 0.2) is 0 Å². The van der Waals surface area contributed by atoms with Gasteiger partial charge in [0.1, 0.15) is 0 Å². The van der Waals surface area contributed by atoms with Crippen LogP contribution in [0.15, 0.2) is 27.6 Å². The van der Waals surface area contributed by atoms with E-state index in [1.807, 2.05) is 11.8 Å². The second-order valence-corrected chi connectivity index (χ2v) is 5.35. The van der Waals surface area contributed by atoms with Crippen LogP contribution in [0.2, 0.25) is 0 Å². The van der Waals surface area contributed by atoms with Gasteiger partial charge in [-0.25, -0.2) is 0 Å². The summed E-state index contributed by atoms with van der Waals surface area (Å²) in [6.07, 6.45) is 1.04. The number of benzene rings is 1. The minimum absolute atomic E-state index is 0.527. The van der Waals surface area contributed by atoms with Gasteiger partial charge in [0, 0.05) is 26.9 Å². The van der Waals surface area contributed by atoms with E-state index in [4.69, 9.17) is 5.73 Å². The van der Waals surface area contributed by atoms with E-state index in [1.165, 1.54) is 10.6 Å². The van der Waals surface area contributed by atoms with Gasteiger partial charge < -0.3 is 11.1 Å². The minimum Gasteiger partial charge on any atom is -0.381 e. The summed E-state index contributed by atoms with van der Waals surface area (Å²) in [5.41, 5.74) is 6.79. The number of nitrogens with one attached hydrogen (secondary N) is 1. The molecule has 1 aliphatic rings. The third kappa shape index (κ3) is 2.24. The summed E-state index contributed by atoms with van der Waals surface area (Å²) in [6, 6.07) is 6.87. The van der Waals surface area contributed by atoms with Crippen molar-refractivity contribution >= 4 is 33.4 Å². The summed E-state index contributed by atoms with van der Waals surface area (Å²) in [5.74, 6) is 1.11. The van der Waals surface area contributed by atoms with Gasteiger partial charge in [-0.2, -0.15) is 0 Å². The van der Waals surface area contributed by atoms with Crippen LogP contribution in [-0.2, 0) is 0 Å². The number of rotatable bonds is 2. The Balaban J connectivity index is 2.15. The minimum atomic E-state index is 0.527. The monoisotopic (exact) mass is 272 g/mol. The van der Waals surface area contributed by atoms with Crippen molar-refractivity contribution in [2.75, 3.05) is 17.6 Å². The fourth-order valence-corrected chi connectivity index (χ4v) is 3.18. The molecule has 0 radical (unpaired) electrons. The quantitative estimate of drug-likeness (QED) is 0.870. The molecule has 0 saturated heterocycles. The Hall–Kier alpha value is -0.190. The van der Waals surface area contributed by atoms with Crippen LogP contribution in [-0.4, -0.2) is 18.3 Å². The molecule has 1 aromatic carbocycles. The number of anilines is 1. The number of halogens is 1. The van der Waals surface area contributed by atoms with Crippen LogP contribution in [0.25, 0.3) is 0 Å². The Labute approximate surface area is 96.8 Å². The SMILES string of the molecule is NCCC1CSc2cc(Br)ccc2N1. The Morgan fingerprint density at radius 3 is 3.21 bits per heavy atom. The van der Waals surface area contributed by atoms with Gasteiger partial charge in [-0.3, -0.25) is 0 Å². The lowest BCUT2D eigenvalue weighted by atomic mass is 10.2. The molecule has 1 unspecified atom stereocenters. The average Bonchev–Trinajstić information content (AvgIpc) is 2.19. The molecule has 4 heteroatoms. The van der Waals surface area contributed by atoms with Gasteiger partial charge in [-0.05, 0) is 31.2 Å². The van der Waals surface area contributed by atoms with Crippen LogP contribution in [0, 0.1) is 0 Å². The standard InChI is InChI=1S/C10H13BrN2S/c11-7-1-2-9-10(5-7)14-6-8(13-9)3-4-12/h1-2,5,8,13H,3-4,6,12H2. The summed E-state index contributed by atoms with van der Waals surface area (Å²) < 4.78 is 1.14. The molecular formula is C10H13BrN2S. The average molecular weight is 273 g/mol. The lowest BCUT2D eigenvalue weighted by molar-refractivity contribution is 0.718. The van der Waals surface area contributed by atoms with Crippen LogP contribution < -0.4 is 11.1 Å². The van der Waals surface area contributed by atoms with Crippen molar-refractivity contribution in [1.82, 2.24) is 0 Å². The summed E-state index contributed by atoms with van der Waals surface area (Å²) in [7, 11) is 0. The zero-order valence-corrected chi connectivity index (χ0v) is 10.2. The molecule has 76 valence electrons. The maximum absolute atomic E-state index is 5.55. The highest BCUT2D eigenvalue weighted by molar-refractivity contribution is 9.10. The second kappa shape index (κ2) is 4.55. The molecule has 0 saturated carbocycles. The van der Waals surface area contributed by atoms with Crippen molar-refractivity contribution in [3.8, 4) is 0 Å². The molecule has 0 spiro atoms. The summed E-state index contributed by atoms with van der Waals surface area (Å²) in [5, 5.41) is 3.50. The lowest BCUT2D eigenvalue weighted by Gasteiger charge is -2.26. The Kier molecular flexibility index (Phi) is 3.36. The van der Waals surface area contributed by atoms with Crippen molar-refractivity contribution in [1.29, 1.82) is 0 Å². The first-order valence-electron chi connectivity index (χ1n) is 4.68. The molecule has 3 N–H and O–H groups in total. The molecule has 1 atom stereocenters. The van der Waals surface area contributed by atoms with E-state index in [9.17, 15) is 0 Å². The van der Waals surface area contributed by atoms with Crippen molar-refractivity contribution in [3.63, 3.8) is 0 Å². The maximum atomic E-state index is 5.55. The summed E-state index contributed by atoms with van der Waals surface area (Å²) in [4.78, 5) is 1.33. The highest BCUT2D eigenvalue weighted by Gasteiger charge is 2.17. The molecule has 0 aliphatic carbocycles. The van der Waals surface area contributed by atoms with Gasteiger partial charge >= 0.3 is 0 Å². The van der Waals surface area contributed by atoms with Crippen LogP contribution in [0.1, 0.15) is 6.42 Å². The number of nitrogens with two attached hydrogens (primary N) is 1. The van der Waals surface area contributed by atoms with E-state index in [0.717, 1.165) is 23.2 Å². The van der Waals surface area contributed by atoms with Gasteiger partial charge in [0.05, 0.1) is 0 Å². The molecule has 0 aromatic heterocycles. The Morgan fingerprint density at radius 2 is 2.43 bits per heavy atom. The molecule has 0 fully saturated rings. The summed E-state index contributed by atoms with van der Waals surface area (Å²) in [6.45, 7) is 0.754. The highest BCUT2D eigenvalue weighted by Crippen LogP contribution is 2.35. The molecule has 2 rings (SSSR count). The van der Waals surface area contributed by atoms with Crippen molar-refractivity contribution in [2.24, 2.45) is 5.73 Å². The molecule has 0 amide bonds. The number of thioether (sulfide) groups is 1. The molecule has 1 heterocycles. The van der Waals surface area contributed by atoms with E-state index in [0.29, 0.717) is 6.04 Å². The first-order chi connectivity index (χ1) is 6.79. The molecule has 1 aromatic rings. The van der Waals surface area contributed by atoms with Crippen molar-refractivity contribution < 1.29 is 0 Å².